The summed E-state index contributed by atoms with van der Waals surface area (Å²) in [5.41, 5.74) is 3.49. The van der Waals surface area contributed by atoms with Crippen molar-refractivity contribution in [2.75, 3.05) is 0 Å². The van der Waals surface area contributed by atoms with E-state index in [1.165, 1.54) is 37.7 Å². The number of unbranched alkanes of at least 4 members (excludes halogenated alkanes) is 4. The van der Waals surface area contributed by atoms with Crippen LogP contribution in [-0.2, 0) is 6.42 Å². The first-order valence-corrected chi connectivity index (χ1v) is 6.89. The molecule has 18 heavy (non-hydrogen) atoms. The zero-order chi connectivity index (χ0) is 13.5. The van der Waals surface area contributed by atoms with Crippen molar-refractivity contribution in [2.24, 2.45) is 0 Å². The van der Waals surface area contributed by atoms with Crippen LogP contribution in [0.3, 0.4) is 0 Å². The van der Waals surface area contributed by atoms with Gasteiger partial charge in [-0.1, -0.05) is 44.7 Å². The van der Waals surface area contributed by atoms with Crippen LogP contribution in [0.1, 0.15) is 66.1 Å². The Morgan fingerprint density at radius 3 is 2.11 bits per heavy atom. The molecular formula is C16H24O2. The molecule has 0 fully saturated rings. The Balaban J connectivity index is 2.61. The normalized spacial score (nSPS) is 10.6. The van der Waals surface area contributed by atoms with Crippen molar-refractivity contribution in [1.82, 2.24) is 0 Å². The number of carboxylic acid groups (broad SMARTS) is 1. The van der Waals surface area contributed by atoms with E-state index in [1.54, 1.807) is 0 Å². The van der Waals surface area contributed by atoms with Crippen LogP contribution < -0.4 is 0 Å². The summed E-state index contributed by atoms with van der Waals surface area (Å²) in [4.78, 5) is 11.1. The first kappa shape index (κ1) is 14.7. The van der Waals surface area contributed by atoms with Crippen molar-refractivity contribution in [3.8, 4) is 0 Å². The molecule has 0 saturated carbocycles. The number of aryl methyl sites for hydroxylation is 3. The lowest BCUT2D eigenvalue weighted by Crippen LogP contribution is -2.04. The van der Waals surface area contributed by atoms with Crippen LogP contribution in [-0.4, -0.2) is 11.1 Å². The van der Waals surface area contributed by atoms with E-state index in [2.05, 4.69) is 6.92 Å². The first-order chi connectivity index (χ1) is 8.56. The molecular weight excluding hydrogens is 224 g/mol. The van der Waals surface area contributed by atoms with Crippen LogP contribution in [0.25, 0.3) is 0 Å². The van der Waals surface area contributed by atoms with Gasteiger partial charge in [0.25, 0.3) is 0 Å². The van der Waals surface area contributed by atoms with E-state index in [4.69, 9.17) is 5.11 Å². The molecule has 1 rings (SSSR count). The number of benzene rings is 1. The molecule has 0 amide bonds. The summed E-state index contributed by atoms with van der Waals surface area (Å²) < 4.78 is 0. The number of hydrogen-bond donors (Lipinski definition) is 1. The average Bonchev–Trinajstić information content (AvgIpc) is 2.27. The predicted molar refractivity (Wildman–Crippen MR) is 75.3 cm³/mol. The topological polar surface area (TPSA) is 37.3 Å². The Labute approximate surface area is 110 Å². The molecule has 0 aliphatic heterocycles. The Kier molecular flexibility index (Phi) is 5.90. The van der Waals surface area contributed by atoms with E-state index in [9.17, 15) is 4.79 Å². The fourth-order valence-corrected chi connectivity index (χ4v) is 2.47. The zero-order valence-corrected chi connectivity index (χ0v) is 11.8. The second-order valence-corrected chi connectivity index (χ2v) is 5.07. The van der Waals surface area contributed by atoms with Crippen molar-refractivity contribution >= 4 is 5.97 Å². The molecule has 0 aromatic heterocycles. The minimum Gasteiger partial charge on any atom is -0.478 e. The molecule has 1 N–H and O–H groups in total. The van der Waals surface area contributed by atoms with E-state index in [0.29, 0.717) is 5.56 Å². The Morgan fingerprint density at radius 1 is 1.06 bits per heavy atom. The summed E-state index contributed by atoms with van der Waals surface area (Å²) >= 11 is 0. The minimum atomic E-state index is -0.820. The van der Waals surface area contributed by atoms with Gasteiger partial charge in [0, 0.05) is 0 Å². The fraction of sp³-hybridized carbons (Fsp3) is 0.562. The predicted octanol–water partition coefficient (Wildman–Crippen LogP) is 4.51. The lowest BCUT2D eigenvalue weighted by atomic mass is 9.96. The van der Waals surface area contributed by atoms with Crippen LogP contribution in [0.5, 0.6) is 0 Å². The van der Waals surface area contributed by atoms with Crippen LogP contribution >= 0.6 is 0 Å². The van der Waals surface area contributed by atoms with Gasteiger partial charge in [0.15, 0.2) is 0 Å². The van der Waals surface area contributed by atoms with Gasteiger partial charge in [-0.25, -0.2) is 4.79 Å². The third-order valence-corrected chi connectivity index (χ3v) is 3.38. The van der Waals surface area contributed by atoms with Crippen LogP contribution in [0.4, 0.5) is 0 Å². The highest BCUT2D eigenvalue weighted by Crippen LogP contribution is 2.18. The first-order valence-electron chi connectivity index (χ1n) is 6.89. The second kappa shape index (κ2) is 7.20. The summed E-state index contributed by atoms with van der Waals surface area (Å²) in [5.74, 6) is -0.820. The quantitative estimate of drug-likeness (QED) is 0.721. The van der Waals surface area contributed by atoms with Gasteiger partial charge < -0.3 is 5.11 Å². The van der Waals surface area contributed by atoms with Crippen LogP contribution in [0, 0.1) is 13.8 Å². The number of carboxylic acids is 1. The Hall–Kier alpha value is -1.31. The van der Waals surface area contributed by atoms with Crippen molar-refractivity contribution in [3.05, 3.63) is 34.4 Å². The van der Waals surface area contributed by atoms with E-state index < -0.39 is 5.97 Å². The zero-order valence-electron chi connectivity index (χ0n) is 11.8. The van der Waals surface area contributed by atoms with Gasteiger partial charge in [0.05, 0.1) is 5.56 Å². The lowest BCUT2D eigenvalue weighted by Gasteiger charge is -2.09. The van der Waals surface area contributed by atoms with Crippen molar-refractivity contribution in [2.45, 2.75) is 59.3 Å². The van der Waals surface area contributed by atoms with Crippen molar-refractivity contribution in [3.63, 3.8) is 0 Å². The summed E-state index contributed by atoms with van der Waals surface area (Å²) in [6.45, 7) is 5.99. The molecule has 0 aliphatic rings. The molecule has 0 atom stereocenters. The molecule has 0 bridgehead atoms. The van der Waals surface area contributed by atoms with Crippen molar-refractivity contribution in [1.29, 1.82) is 0 Å². The molecule has 0 unspecified atom stereocenters. The maximum absolute atomic E-state index is 11.1. The van der Waals surface area contributed by atoms with Gasteiger partial charge in [-0.3, -0.25) is 0 Å². The van der Waals surface area contributed by atoms with Gasteiger partial charge in [0.2, 0.25) is 0 Å². The third kappa shape index (κ3) is 4.17. The minimum absolute atomic E-state index is 0.463. The molecule has 0 spiro atoms. The third-order valence-electron chi connectivity index (χ3n) is 3.38. The van der Waals surface area contributed by atoms with E-state index in [-0.39, 0.29) is 0 Å². The number of aromatic carboxylic acids is 1. The van der Waals surface area contributed by atoms with Crippen LogP contribution in [0.15, 0.2) is 12.1 Å². The summed E-state index contributed by atoms with van der Waals surface area (Å²) in [6, 6.07) is 4.05. The summed E-state index contributed by atoms with van der Waals surface area (Å²) in [5, 5.41) is 9.11. The van der Waals surface area contributed by atoms with Gasteiger partial charge >= 0.3 is 5.97 Å². The second-order valence-electron chi connectivity index (χ2n) is 5.07. The standard InChI is InChI=1S/C16H24O2/c1-4-5-6-7-8-9-14-10-12(2)15(16(17)18)13(3)11-14/h10-11H,4-9H2,1-3H3,(H,17,18). The van der Waals surface area contributed by atoms with E-state index in [0.717, 1.165) is 17.5 Å². The van der Waals surface area contributed by atoms with Gasteiger partial charge in [-0.05, 0) is 43.4 Å². The maximum Gasteiger partial charge on any atom is 0.336 e. The van der Waals surface area contributed by atoms with E-state index >= 15 is 0 Å². The highest BCUT2D eigenvalue weighted by atomic mass is 16.4. The average molecular weight is 248 g/mol. The smallest absolute Gasteiger partial charge is 0.336 e. The SMILES string of the molecule is CCCCCCCc1cc(C)c(C(=O)O)c(C)c1. The number of rotatable bonds is 7. The van der Waals surface area contributed by atoms with Gasteiger partial charge in [-0.15, -0.1) is 0 Å². The Morgan fingerprint density at radius 2 is 1.61 bits per heavy atom. The molecule has 2 heteroatoms. The van der Waals surface area contributed by atoms with Gasteiger partial charge in [0.1, 0.15) is 0 Å². The summed E-state index contributed by atoms with van der Waals surface area (Å²) in [6.07, 6.45) is 7.42. The highest BCUT2D eigenvalue weighted by molar-refractivity contribution is 5.91. The Bertz CT molecular complexity index is 385. The van der Waals surface area contributed by atoms with Crippen LogP contribution in [0.2, 0.25) is 0 Å². The molecule has 2 nitrogen and oxygen atoms in total. The number of hydrogen-bond acceptors (Lipinski definition) is 1. The maximum atomic E-state index is 11.1. The largest absolute Gasteiger partial charge is 0.478 e. The molecule has 0 radical (unpaired) electrons. The monoisotopic (exact) mass is 248 g/mol. The lowest BCUT2D eigenvalue weighted by molar-refractivity contribution is 0.0695. The summed E-state index contributed by atoms with van der Waals surface area (Å²) in [7, 11) is 0. The highest BCUT2D eigenvalue weighted by Gasteiger charge is 2.11. The number of carbonyl (C=O) groups is 1. The molecule has 1 aromatic rings. The van der Waals surface area contributed by atoms with Gasteiger partial charge in [-0.2, -0.15) is 0 Å². The molecule has 0 saturated heterocycles. The molecule has 0 heterocycles. The molecule has 1 aromatic carbocycles. The fourth-order valence-electron chi connectivity index (χ4n) is 2.47. The molecule has 0 aliphatic carbocycles. The van der Waals surface area contributed by atoms with E-state index in [1.807, 2.05) is 26.0 Å². The molecule has 100 valence electrons. The van der Waals surface area contributed by atoms with Crippen molar-refractivity contribution < 1.29 is 9.90 Å².